The van der Waals surface area contributed by atoms with Crippen LogP contribution in [0.2, 0.25) is 0 Å². The van der Waals surface area contributed by atoms with E-state index in [0.29, 0.717) is 11.3 Å². The molecule has 28 heavy (non-hydrogen) atoms. The number of thiazole rings is 1. The minimum Gasteiger partial charge on any atom is -0.411 e. The Bertz CT molecular complexity index is 926. The lowest BCUT2D eigenvalue weighted by Crippen LogP contribution is -2.70. The summed E-state index contributed by atoms with van der Waals surface area (Å²) in [5.41, 5.74) is 5.93. The van der Waals surface area contributed by atoms with Crippen molar-refractivity contribution < 1.29 is 24.8 Å². The average molecular weight is 443 g/mol. The summed E-state index contributed by atoms with van der Waals surface area (Å²) < 4.78 is 0. The number of oxime groups is 2. The maximum absolute atomic E-state index is 12.6. The van der Waals surface area contributed by atoms with E-state index >= 15 is 0 Å². The number of nitrogen functional groups attached to an aromatic ring is 1. The third kappa shape index (κ3) is 3.57. The number of thiol groups is 1. The van der Waals surface area contributed by atoms with Crippen molar-refractivity contribution in [2.24, 2.45) is 10.3 Å². The molecule has 1 saturated heterocycles. The van der Waals surface area contributed by atoms with Crippen molar-refractivity contribution in [1.29, 1.82) is 0 Å². The van der Waals surface area contributed by atoms with Crippen molar-refractivity contribution in [1.82, 2.24) is 15.2 Å². The molecule has 14 heteroatoms. The summed E-state index contributed by atoms with van der Waals surface area (Å²) in [6, 6.07) is -0.916. The minimum absolute atomic E-state index is 0.0825. The molecule has 3 rings (SSSR count). The number of nitrogens with zero attached hydrogens (tertiary/aromatic N) is 4. The predicted octanol–water partition coefficient (Wildman–Crippen LogP) is -0.136. The van der Waals surface area contributed by atoms with Crippen molar-refractivity contribution in [2.75, 3.05) is 11.5 Å². The Morgan fingerprint density at radius 3 is 2.82 bits per heavy atom. The Kier molecular flexibility index (Phi) is 5.90. The summed E-state index contributed by atoms with van der Waals surface area (Å²) in [4.78, 5) is 42.1. The Balaban J connectivity index is 1.77. The summed E-state index contributed by atoms with van der Waals surface area (Å²) in [6.07, 6.45) is 1.39. The van der Waals surface area contributed by atoms with E-state index in [-0.39, 0.29) is 28.7 Å². The predicted molar refractivity (Wildman–Crippen MR) is 106 cm³/mol. The molecule has 2 atom stereocenters. The third-order valence-electron chi connectivity index (χ3n) is 4.04. The van der Waals surface area contributed by atoms with Crippen molar-refractivity contribution in [3.05, 3.63) is 22.3 Å². The van der Waals surface area contributed by atoms with Crippen LogP contribution in [0.5, 0.6) is 0 Å². The molecule has 0 saturated carbocycles. The first kappa shape index (κ1) is 20.2. The first-order valence-electron chi connectivity index (χ1n) is 7.69. The van der Waals surface area contributed by atoms with Gasteiger partial charge in [0.2, 0.25) is 5.12 Å². The van der Waals surface area contributed by atoms with Crippen LogP contribution in [0.15, 0.2) is 27.0 Å². The zero-order chi connectivity index (χ0) is 20.4. The highest BCUT2D eigenvalue weighted by Crippen LogP contribution is 2.41. The monoisotopic (exact) mass is 442 g/mol. The molecule has 2 aliphatic rings. The summed E-state index contributed by atoms with van der Waals surface area (Å²) in [6.45, 7) is 0. The number of aromatic nitrogens is 1. The summed E-state index contributed by atoms with van der Waals surface area (Å²) in [5.74, 6) is -0.915. The minimum atomic E-state index is -0.916. The van der Waals surface area contributed by atoms with Crippen LogP contribution in [-0.2, 0) is 14.4 Å². The van der Waals surface area contributed by atoms with Crippen LogP contribution in [0.25, 0.3) is 0 Å². The SMILES string of the molecule is Nc1nc(/C(=N/O)C(=O)NC2C(=O)N3C(C(=O)S)=C(CC=NO)CS[C@H]23)cs1. The van der Waals surface area contributed by atoms with Gasteiger partial charge in [0, 0.05) is 23.8 Å². The number of β-lactam (4-membered cyclic amide) rings is 1. The Labute approximate surface area is 171 Å². The van der Waals surface area contributed by atoms with E-state index in [9.17, 15) is 14.4 Å². The van der Waals surface area contributed by atoms with Crippen LogP contribution in [0.3, 0.4) is 0 Å². The van der Waals surface area contributed by atoms with E-state index in [1.54, 1.807) is 0 Å². The fourth-order valence-electron chi connectivity index (χ4n) is 2.81. The number of thioether (sulfide) groups is 1. The number of anilines is 1. The molecule has 148 valence electrons. The summed E-state index contributed by atoms with van der Waals surface area (Å²) in [5, 5.41) is 26.6. The molecule has 1 fully saturated rings. The molecular formula is C14H14N6O5S3. The van der Waals surface area contributed by atoms with Gasteiger partial charge in [0.05, 0.1) is 5.70 Å². The molecule has 0 aliphatic carbocycles. The van der Waals surface area contributed by atoms with Gasteiger partial charge in [-0.15, -0.1) is 28.3 Å². The lowest BCUT2D eigenvalue weighted by Gasteiger charge is -2.49. The van der Waals surface area contributed by atoms with Crippen LogP contribution in [0.1, 0.15) is 12.1 Å². The van der Waals surface area contributed by atoms with E-state index in [1.807, 2.05) is 0 Å². The Morgan fingerprint density at radius 1 is 1.50 bits per heavy atom. The van der Waals surface area contributed by atoms with Gasteiger partial charge in [-0.1, -0.05) is 17.8 Å². The lowest BCUT2D eigenvalue weighted by atomic mass is 10.0. The molecule has 2 amide bonds. The van der Waals surface area contributed by atoms with Gasteiger partial charge in [-0.3, -0.25) is 19.3 Å². The molecule has 0 aromatic carbocycles. The van der Waals surface area contributed by atoms with Crippen molar-refractivity contribution >= 4 is 69.7 Å². The standard InChI is InChI=1S/C14H14N6O5S3/c15-14-17-6(4-28-14)7(19-25)10(21)18-8-11(22)20-9(13(23)26)5(1-2-16-24)3-27-12(8)20/h2,4,8,12,24-25H,1,3H2,(H2,15,17)(H,18,21)(H,23,26)/b16-2?,19-7-/t8?,12-/m1/s1. The largest absolute Gasteiger partial charge is 0.411 e. The number of fused-ring (bicyclic) bond motifs is 1. The Hall–Kier alpha value is -2.58. The summed E-state index contributed by atoms with van der Waals surface area (Å²) >= 11 is 6.23. The highest BCUT2D eigenvalue weighted by molar-refractivity contribution is 8.00. The molecule has 2 aliphatic heterocycles. The summed E-state index contributed by atoms with van der Waals surface area (Å²) in [7, 11) is 0. The third-order valence-corrected chi connectivity index (χ3v) is 6.26. The molecule has 1 aromatic rings. The molecule has 0 radical (unpaired) electrons. The second-order valence-electron chi connectivity index (χ2n) is 5.64. The van der Waals surface area contributed by atoms with E-state index < -0.39 is 28.3 Å². The zero-order valence-corrected chi connectivity index (χ0v) is 16.5. The van der Waals surface area contributed by atoms with Gasteiger partial charge < -0.3 is 21.5 Å². The van der Waals surface area contributed by atoms with Gasteiger partial charge in [0.25, 0.3) is 11.8 Å². The van der Waals surface area contributed by atoms with Gasteiger partial charge in [-0.05, 0) is 5.57 Å². The van der Waals surface area contributed by atoms with Crippen molar-refractivity contribution in [3.63, 3.8) is 0 Å². The van der Waals surface area contributed by atoms with Gasteiger partial charge in [-0.2, -0.15) is 0 Å². The fourth-order valence-corrected chi connectivity index (χ4v) is 4.99. The number of hydrogen-bond donors (Lipinski definition) is 5. The second kappa shape index (κ2) is 8.20. The number of amides is 2. The molecule has 11 nitrogen and oxygen atoms in total. The maximum Gasteiger partial charge on any atom is 0.276 e. The maximum atomic E-state index is 12.6. The van der Waals surface area contributed by atoms with E-state index in [2.05, 4.69) is 33.2 Å². The van der Waals surface area contributed by atoms with Gasteiger partial charge >= 0.3 is 0 Å². The molecule has 0 spiro atoms. The number of carbonyl (C=O) groups is 3. The molecule has 3 heterocycles. The van der Waals surface area contributed by atoms with E-state index in [4.69, 9.17) is 16.1 Å². The normalized spacial score (nSPS) is 22.2. The molecule has 0 bridgehead atoms. The first-order valence-corrected chi connectivity index (χ1v) is 10.1. The van der Waals surface area contributed by atoms with Crippen LogP contribution in [0.4, 0.5) is 5.13 Å². The van der Waals surface area contributed by atoms with Gasteiger partial charge in [-0.25, -0.2) is 4.98 Å². The number of nitrogens with two attached hydrogens (primary N) is 1. The van der Waals surface area contributed by atoms with E-state index in [1.165, 1.54) is 28.3 Å². The first-order chi connectivity index (χ1) is 13.4. The number of carbonyl (C=O) groups excluding carboxylic acids is 3. The number of hydrogen-bond acceptors (Lipinski definition) is 11. The van der Waals surface area contributed by atoms with Gasteiger partial charge in [0.1, 0.15) is 17.1 Å². The zero-order valence-electron chi connectivity index (χ0n) is 14.0. The number of nitrogens with one attached hydrogen (secondary N) is 1. The van der Waals surface area contributed by atoms with Crippen LogP contribution in [-0.4, -0.2) is 66.3 Å². The van der Waals surface area contributed by atoms with Gasteiger partial charge in [0.15, 0.2) is 10.8 Å². The fraction of sp³-hybridized carbons (Fsp3) is 0.286. The number of rotatable bonds is 6. The highest BCUT2D eigenvalue weighted by atomic mass is 32.2. The molecule has 5 N–H and O–H groups in total. The Morgan fingerprint density at radius 2 is 2.25 bits per heavy atom. The average Bonchev–Trinajstić information content (AvgIpc) is 3.09. The van der Waals surface area contributed by atoms with Crippen LogP contribution >= 0.6 is 35.7 Å². The van der Waals surface area contributed by atoms with E-state index in [0.717, 1.165) is 11.3 Å². The smallest absolute Gasteiger partial charge is 0.276 e. The van der Waals surface area contributed by atoms with Crippen LogP contribution < -0.4 is 11.1 Å². The highest BCUT2D eigenvalue weighted by Gasteiger charge is 2.53. The molecule has 1 unspecified atom stereocenters. The topological polar surface area (TPSA) is 171 Å². The van der Waals surface area contributed by atoms with Crippen molar-refractivity contribution in [2.45, 2.75) is 17.8 Å². The van der Waals surface area contributed by atoms with Crippen LogP contribution in [0, 0.1) is 0 Å². The molecular weight excluding hydrogens is 428 g/mol. The molecule has 1 aromatic heterocycles. The van der Waals surface area contributed by atoms with Crippen molar-refractivity contribution in [3.8, 4) is 0 Å². The second-order valence-corrected chi connectivity index (χ2v) is 8.04. The quantitative estimate of drug-likeness (QED) is 0.133. The lowest BCUT2D eigenvalue weighted by molar-refractivity contribution is -0.146.